The predicted molar refractivity (Wildman–Crippen MR) is 103 cm³/mol. The normalized spacial score (nSPS) is 14.0. The van der Waals surface area contributed by atoms with Gasteiger partial charge < -0.3 is 20.3 Å². The molecule has 23 heavy (non-hydrogen) atoms. The Balaban J connectivity index is 0.00000264. The fraction of sp³-hybridized carbons (Fsp3) is 0.467. The van der Waals surface area contributed by atoms with Crippen molar-refractivity contribution in [3.63, 3.8) is 0 Å². The number of halogens is 1. The summed E-state index contributed by atoms with van der Waals surface area (Å²) in [5.74, 6) is 1.42. The fourth-order valence-electron chi connectivity index (χ4n) is 2.07. The maximum absolute atomic E-state index is 10.5. The highest BCUT2D eigenvalue weighted by atomic mass is 127. The van der Waals surface area contributed by atoms with Gasteiger partial charge in [-0.25, -0.2) is 0 Å². The zero-order valence-electron chi connectivity index (χ0n) is 13.7. The summed E-state index contributed by atoms with van der Waals surface area (Å²) >= 11 is 1.53. The molecule has 0 saturated heterocycles. The van der Waals surface area contributed by atoms with E-state index < -0.39 is 5.60 Å². The molecule has 0 spiro atoms. The molecule has 0 aliphatic carbocycles. The van der Waals surface area contributed by atoms with Crippen molar-refractivity contribution in [2.24, 2.45) is 4.99 Å². The van der Waals surface area contributed by atoms with Gasteiger partial charge >= 0.3 is 0 Å². The standard InChI is InChI=1S/C15H22N4O2S.HI/c1-10-12(11(2)21-19-10)8-17-14(16-4)18-9-15(3,20)13-6-5-7-22-13;/h5-7,20H,8-9H2,1-4H3,(H2,16,17,18);1H. The molecule has 8 heteroatoms. The van der Waals surface area contributed by atoms with Gasteiger partial charge in [0.1, 0.15) is 11.4 Å². The quantitative estimate of drug-likeness (QED) is 0.371. The third-order valence-electron chi connectivity index (χ3n) is 3.49. The number of guanidine groups is 1. The maximum atomic E-state index is 10.5. The second-order valence-corrected chi connectivity index (χ2v) is 6.28. The van der Waals surface area contributed by atoms with Crippen molar-refractivity contribution in [2.75, 3.05) is 13.6 Å². The fourth-order valence-corrected chi connectivity index (χ4v) is 2.86. The molecule has 0 fully saturated rings. The number of nitrogens with zero attached hydrogens (tertiary/aromatic N) is 2. The summed E-state index contributed by atoms with van der Waals surface area (Å²) in [4.78, 5) is 5.08. The van der Waals surface area contributed by atoms with E-state index in [1.165, 1.54) is 11.3 Å². The summed E-state index contributed by atoms with van der Waals surface area (Å²) in [7, 11) is 1.70. The second-order valence-electron chi connectivity index (χ2n) is 5.33. The molecule has 0 aromatic carbocycles. The topological polar surface area (TPSA) is 82.7 Å². The molecule has 0 amide bonds. The van der Waals surface area contributed by atoms with E-state index in [9.17, 15) is 5.11 Å². The summed E-state index contributed by atoms with van der Waals surface area (Å²) in [6.07, 6.45) is 0. The summed E-state index contributed by atoms with van der Waals surface area (Å²) in [5, 5.41) is 22.7. The molecule has 1 atom stereocenters. The lowest BCUT2D eigenvalue weighted by Crippen LogP contribution is -2.44. The average Bonchev–Trinajstić information content (AvgIpc) is 3.12. The van der Waals surface area contributed by atoms with Crippen LogP contribution in [0, 0.1) is 13.8 Å². The van der Waals surface area contributed by atoms with E-state index in [0.29, 0.717) is 19.0 Å². The second kappa shape index (κ2) is 8.65. The van der Waals surface area contributed by atoms with Gasteiger partial charge in [-0.1, -0.05) is 11.2 Å². The first-order chi connectivity index (χ1) is 10.4. The zero-order valence-corrected chi connectivity index (χ0v) is 16.9. The molecule has 2 aromatic heterocycles. The number of aliphatic imine (C=N–C) groups is 1. The van der Waals surface area contributed by atoms with Gasteiger partial charge in [-0.2, -0.15) is 0 Å². The van der Waals surface area contributed by atoms with Gasteiger partial charge in [-0.15, -0.1) is 35.3 Å². The highest BCUT2D eigenvalue weighted by Crippen LogP contribution is 2.24. The van der Waals surface area contributed by atoms with Gasteiger partial charge in [-0.3, -0.25) is 4.99 Å². The minimum atomic E-state index is -0.936. The van der Waals surface area contributed by atoms with Crippen molar-refractivity contribution in [2.45, 2.75) is 32.9 Å². The van der Waals surface area contributed by atoms with Gasteiger partial charge in [0, 0.05) is 24.0 Å². The lowest BCUT2D eigenvalue weighted by molar-refractivity contribution is 0.0655. The van der Waals surface area contributed by atoms with Crippen LogP contribution in [-0.2, 0) is 12.1 Å². The molecule has 3 N–H and O–H groups in total. The number of hydrogen-bond donors (Lipinski definition) is 3. The van der Waals surface area contributed by atoms with Gasteiger partial charge in [-0.05, 0) is 32.2 Å². The average molecular weight is 450 g/mol. The lowest BCUT2D eigenvalue weighted by Gasteiger charge is -2.23. The Morgan fingerprint density at radius 3 is 2.70 bits per heavy atom. The van der Waals surface area contributed by atoms with Crippen molar-refractivity contribution in [1.29, 1.82) is 0 Å². The van der Waals surface area contributed by atoms with Crippen molar-refractivity contribution < 1.29 is 9.63 Å². The van der Waals surface area contributed by atoms with E-state index in [1.807, 2.05) is 31.4 Å². The lowest BCUT2D eigenvalue weighted by atomic mass is 10.1. The molecule has 6 nitrogen and oxygen atoms in total. The number of hydrogen-bond acceptors (Lipinski definition) is 5. The smallest absolute Gasteiger partial charge is 0.191 e. The monoisotopic (exact) mass is 450 g/mol. The molecule has 2 aromatic rings. The Kier molecular flexibility index (Phi) is 7.49. The summed E-state index contributed by atoms with van der Waals surface area (Å²) < 4.78 is 5.14. The van der Waals surface area contributed by atoms with E-state index in [1.54, 1.807) is 14.0 Å². The third-order valence-corrected chi connectivity index (χ3v) is 4.61. The van der Waals surface area contributed by atoms with E-state index in [-0.39, 0.29) is 24.0 Å². The van der Waals surface area contributed by atoms with E-state index in [0.717, 1.165) is 21.9 Å². The first kappa shape index (κ1) is 19.9. The van der Waals surface area contributed by atoms with Crippen molar-refractivity contribution >= 4 is 41.3 Å². The Labute approximate surface area is 157 Å². The zero-order chi connectivity index (χ0) is 16.2. The number of nitrogens with one attached hydrogen (secondary N) is 2. The predicted octanol–water partition coefficient (Wildman–Crippen LogP) is 2.54. The van der Waals surface area contributed by atoms with Crippen molar-refractivity contribution in [3.05, 3.63) is 39.4 Å². The minimum Gasteiger partial charge on any atom is -0.383 e. The van der Waals surface area contributed by atoms with Gasteiger partial charge in [0.15, 0.2) is 5.96 Å². The summed E-state index contributed by atoms with van der Waals surface area (Å²) in [6, 6.07) is 3.85. The first-order valence-corrected chi connectivity index (χ1v) is 7.94. The molecule has 0 radical (unpaired) electrons. The number of aliphatic hydroxyl groups is 1. The molecular formula is C15H23IN4O2S. The highest BCUT2D eigenvalue weighted by molar-refractivity contribution is 14.0. The van der Waals surface area contributed by atoms with Crippen LogP contribution in [0.3, 0.4) is 0 Å². The van der Waals surface area contributed by atoms with Crippen LogP contribution in [0.2, 0.25) is 0 Å². The molecule has 0 saturated carbocycles. The molecule has 1 unspecified atom stereocenters. The van der Waals surface area contributed by atoms with Gasteiger partial charge in [0.05, 0.1) is 12.2 Å². The highest BCUT2D eigenvalue weighted by Gasteiger charge is 2.24. The van der Waals surface area contributed by atoms with Crippen LogP contribution in [0.5, 0.6) is 0 Å². The Morgan fingerprint density at radius 2 is 2.17 bits per heavy atom. The van der Waals surface area contributed by atoms with Crippen LogP contribution in [0.15, 0.2) is 27.0 Å². The maximum Gasteiger partial charge on any atom is 0.191 e. The molecule has 0 bridgehead atoms. The van der Waals surface area contributed by atoms with Crippen molar-refractivity contribution in [1.82, 2.24) is 15.8 Å². The van der Waals surface area contributed by atoms with E-state index in [2.05, 4.69) is 20.8 Å². The van der Waals surface area contributed by atoms with Crippen LogP contribution >= 0.6 is 35.3 Å². The first-order valence-electron chi connectivity index (χ1n) is 7.06. The SMILES string of the molecule is CN=C(NCc1c(C)noc1C)NCC(C)(O)c1cccs1.I. The summed E-state index contributed by atoms with van der Waals surface area (Å²) in [5.41, 5.74) is 0.952. The van der Waals surface area contributed by atoms with Crippen LogP contribution in [0.1, 0.15) is 28.8 Å². The molecule has 2 rings (SSSR count). The molecule has 0 aliphatic heterocycles. The Morgan fingerprint density at radius 1 is 1.43 bits per heavy atom. The van der Waals surface area contributed by atoms with Crippen LogP contribution in [0.25, 0.3) is 0 Å². The third kappa shape index (κ3) is 5.18. The largest absolute Gasteiger partial charge is 0.383 e. The van der Waals surface area contributed by atoms with Crippen LogP contribution in [0.4, 0.5) is 0 Å². The Hall–Kier alpha value is -1.13. The van der Waals surface area contributed by atoms with Gasteiger partial charge in [0.25, 0.3) is 0 Å². The van der Waals surface area contributed by atoms with Crippen LogP contribution < -0.4 is 10.6 Å². The van der Waals surface area contributed by atoms with E-state index >= 15 is 0 Å². The van der Waals surface area contributed by atoms with Crippen molar-refractivity contribution in [3.8, 4) is 0 Å². The molecule has 128 valence electrons. The number of aryl methyl sites for hydroxylation is 2. The van der Waals surface area contributed by atoms with Gasteiger partial charge in [0.2, 0.25) is 0 Å². The minimum absolute atomic E-state index is 0. The number of rotatable bonds is 5. The number of aromatic nitrogens is 1. The summed E-state index contributed by atoms with van der Waals surface area (Å²) in [6.45, 7) is 6.52. The molecule has 0 aliphatic rings. The number of thiophene rings is 1. The van der Waals surface area contributed by atoms with E-state index in [4.69, 9.17) is 4.52 Å². The van der Waals surface area contributed by atoms with Crippen LogP contribution in [-0.4, -0.2) is 29.8 Å². The molecular weight excluding hydrogens is 427 g/mol. The molecule has 2 heterocycles. The Bertz CT molecular complexity index is 618.